The summed E-state index contributed by atoms with van der Waals surface area (Å²) in [7, 11) is 0. The number of aliphatic hydroxyl groups is 1. The van der Waals surface area contributed by atoms with Crippen LogP contribution in [-0.2, 0) is 22.7 Å². The molecule has 2 fully saturated rings. The molecular weight excluding hydrogens is 360 g/mol. The summed E-state index contributed by atoms with van der Waals surface area (Å²) in [6.45, 7) is 3.67. The van der Waals surface area contributed by atoms with Crippen LogP contribution >= 0.6 is 0 Å². The number of fused-ring (bicyclic) bond motifs is 1. The van der Waals surface area contributed by atoms with Gasteiger partial charge in [-0.3, -0.25) is 19.7 Å². The highest BCUT2D eigenvalue weighted by Gasteiger charge is 2.40. The molecule has 1 atom stereocenters. The quantitative estimate of drug-likeness (QED) is 0.471. The first-order valence-corrected chi connectivity index (χ1v) is 9.81. The van der Waals surface area contributed by atoms with Crippen LogP contribution in [0.4, 0.5) is 0 Å². The van der Waals surface area contributed by atoms with Gasteiger partial charge in [-0.1, -0.05) is 18.2 Å². The third-order valence-electron chi connectivity index (χ3n) is 6.10. The Morgan fingerprint density at radius 3 is 2.75 bits per heavy atom. The second-order valence-electron chi connectivity index (χ2n) is 8.03. The van der Waals surface area contributed by atoms with Gasteiger partial charge in [-0.15, -0.1) is 0 Å². The van der Waals surface area contributed by atoms with Gasteiger partial charge >= 0.3 is 0 Å². The molecule has 0 aromatic heterocycles. The Labute approximate surface area is 163 Å². The lowest BCUT2D eigenvalue weighted by Gasteiger charge is -2.42. The summed E-state index contributed by atoms with van der Waals surface area (Å²) in [5.41, 5.74) is 2.59. The van der Waals surface area contributed by atoms with E-state index in [2.05, 4.69) is 16.0 Å². The minimum atomic E-state index is -0.590. The van der Waals surface area contributed by atoms with Crippen LogP contribution in [0.2, 0.25) is 0 Å². The van der Waals surface area contributed by atoms with E-state index in [-0.39, 0.29) is 36.2 Å². The monoisotopic (exact) mass is 386 g/mol. The summed E-state index contributed by atoms with van der Waals surface area (Å²) < 4.78 is 0. The van der Waals surface area contributed by atoms with E-state index in [1.807, 2.05) is 18.2 Å². The van der Waals surface area contributed by atoms with Gasteiger partial charge in [0, 0.05) is 56.7 Å². The number of nitrogens with zero attached hydrogens (tertiary/aromatic N) is 1. The van der Waals surface area contributed by atoms with Gasteiger partial charge in [-0.25, -0.2) is 0 Å². The summed E-state index contributed by atoms with van der Waals surface area (Å²) in [6.07, 6.45) is 1.38. The molecule has 8 heteroatoms. The van der Waals surface area contributed by atoms with Crippen LogP contribution in [0.5, 0.6) is 0 Å². The molecule has 3 amide bonds. The Morgan fingerprint density at radius 1 is 1.25 bits per heavy atom. The number of benzene rings is 1. The Morgan fingerprint density at radius 2 is 2.07 bits per heavy atom. The fourth-order valence-corrected chi connectivity index (χ4v) is 4.41. The summed E-state index contributed by atoms with van der Waals surface area (Å²) in [4.78, 5) is 38.2. The molecule has 0 radical (unpaired) electrons. The lowest BCUT2D eigenvalue weighted by Crippen LogP contribution is -2.58. The van der Waals surface area contributed by atoms with Crippen molar-refractivity contribution in [2.24, 2.45) is 5.41 Å². The van der Waals surface area contributed by atoms with Crippen molar-refractivity contribution in [3.05, 3.63) is 34.9 Å². The van der Waals surface area contributed by atoms with E-state index in [0.29, 0.717) is 25.1 Å². The van der Waals surface area contributed by atoms with Crippen molar-refractivity contribution < 1.29 is 19.5 Å². The van der Waals surface area contributed by atoms with E-state index in [1.54, 1.807) is 4.90 Å². The average Bonchev–Trinajstić information content (AvgIpc) is 2.97. The topological polar surface area (TPSA) is 111 Å². The Kier molecular flexibility index (Phi) is 5.18. The first-order valence-electron chi connectivity index (χ1n) is 9.81. The fourth-order valence-electron chi connectivity index (χ4n) is 4.41. The van der Waals surface area contributed by atoms with Crippen LogP contribution in [0.1, 0.15) is 40.7 Å². The van der Waals surface area contributed by atoms with Gasteiger partial charge in [-0.2, -0.15) is 0 Å². The summed E-state index contributed by atoms with van der Waals surface area (Å²) in [5, 5.41) is 18.3. The Bertz CT molecular complexity index is 805. The highest BCUT2D eigenvalue weighted by molar-refractivity contribution is 6.05. The molecular formula is C20H26N4O4. The third kappa shape index (κ3) is 3.43. The van der Waals surface area contributed by atoms with Gasteiger partial charge in [0.1, 0.15) is 6.04 Å². The van der Waals surface area contributed by atoms with Crippen LogP contribution in [0.3, 0.4) is 0 Å². The molecule has 28 heavy (non-hydrogen) atoms. The third-order valence-corrected chi connectivity index (χ3v) is 6.10. The first-order chi connectivity index (χ1) is 13.5. The van der Waals surface area contributed by atoms with Crippen molar-refractivity contribution in [1.29, 1.82) is 0 Å². The van der Waals surface area contributed by atoms with Crippen molar-refractivity contribution in [3.8, 4) is 0 Å². The van der Waals surface area contributed by atoms with E-state index in [9.17, 15) is 19.5 Å². The van der Waals surface area contributed by atoms with Gasteiger partial charge in [0.2, 0.25) is 11.8 Å². The van der Waals surface area contributed by atoms with Gasteiger partial charge < -0.3 is 20.6 Å². The standard InChI is InChI=1S/C20H26N4O4/c25-7-6-20(11-22-12-20)10-21-8-13-2-1-3-14-9-24(19(28)17(13)14)15-4-5-16(26)23-18(15)27/h1-3,15,21-22,25H,4-12H2,(H,23,26,27). The Balaban J connectivity index is 1.45. The van der Waals surface area contributed by atoms with Crippen molar-refractivity contribution in [2.45, 2.75) is 38.4 Å². The molecule has 3 aliphatic heterocycles. The van der Waals surface area contributed by atoms with Crippen LogP contribution in [-0.4, -0.2) is 60.0 Å². The van der Waals surface area contributed by atoms with Crippen molar-refractivity contribution in [3.63, 3.8) is 0 Å². The second-order valence-corrected chi connectivity index (χ2v) is 8.03. The minimum absolute atomic E-state index is 0.0788. The normalized spacial score (nSPS) is 23.4. The maximum absolute atomic E-state index is 13.1. The lowest BCUT2D eigenvalue weighted by molar-refractivity contribution is -0.136. The predicted molar refractivity (Wildman–Crippen MR) is 101 cm³/mol. The number of piperidine rings is 1. The average molecular weight is 386 g/mol. The maximum Gasteiger partial charge on any atom is 0.255 e. The van der Waals surface area contributed by atoms with Gasteiger partial charge in [0.05, 0.1) is 0 Å². The molecule has 1 aromatic rings. The number of nitrogens with one attached hydrogen (secondary N) is 3. The highest BCUT2D eigenvalue weighted by atomic mass is 16.3. The van der Waals surface area contributed by atoms with Crippen LogP contribution in [0, 0.1) is 5.41 Å². The first kappa shape index (κ1) is 19.0. The minimum Gasteiger partial charge on any atom is -0.396 e. The van der Waals surface area contributed by atoms with Gasteiger partial charge in [0.25, 0.3) is 5.91 Å². The van der Waals surface area contributed by atoms with E-state index < -0.39 is 6.04 Å². The molecule has 8 nitrogen and oxygen atoms in total. The molecule has 2 saturated heterocycles. The molecule has 3 aliphatic rings. The number of aliphatic hydroxyl groups excluding tert-OH is 1. The number of carbonyl (C=O) groups excluding carboxylic acids is 3. The number of hydrogen-bond acceptors (Lipinski definition) is 6. The van der Waals surface area contributed by atoms with E-state index >= 15 is 0 Å². The largest absolute Gasteiger partial charge is 0.396 e. The second kappa shape index (κ2) is 7.62. The number of hydrogen-bond donors (Lipinski definition) is 4. The predicted octanol–water partition coefficient (Wildman–Crippen LogP) is -0.491. The van der Waals surface area contributed by atoms with E-state index in [0.717, 1.165) is 37.2 Å². The van der Waals surface area contributed by atoms with Gasteiger partial charge in [-0.05, 0) is 24.0 Å². The SMILES string of the molecule is O=C1CCC(N2Cc3cccc(CNCC4(CCO)CNC4)c3C2=O)C(=O)N1. The zero-order valence-electron chi connectivity index (χ0n) is 15.8. The summed E-state index contributed by atoms with van der Waals surface area (Å²) in [6, 6.07) is 5.21. The number of amides is 3. The number of carbonyl (C=O) groups is 3. The maximum atomic E-state index is 13.1. The number of imide groups is 1. The molecule has 3 heterocycles. The van der Waals surface area contributed by atoms with E-state index in [1.165, 1.54) is 0 Å². The van der Waals surface area contributed by atoms with Crippen LogP contribution < -0.4 is 16.0 Å². The zero-order chi connectivity index (χ0) is 19.7. The molecule has 0 saturated carbocycles. The van der Waals surface area contributed by atoms with Crippen LogP contribution in [0.15, 0.2) is 18.2 Å². The lowest BCUT2D eigenvalue weighted by atomic mass is 9.78. The molecule has 4 rings (SSSR count). The molecule has 0 spiro atoms. The molecule has 150 valence electrons. The zero-order valence-corrected chi connectivity index (χ0v) is 15.8. The summed E-state index contributed by atoms with van der Waals surface area (Å²) >= 11 is 0. The van der Waals surface area contributed by atoms with Crippen LogP contribution in [0.25, 0.3) is 0 Å². The molecule has 0 aliphatic carbocycles. The highest BCUT2D eigenvalue weighted by Crippen LogP contribution is 2.30. The molecule has 4 N–H and O–H groups in total. The smallest absolute Gasteiger partial charge is 0.255 e. The Hall–Kier alpha value is -2.29. The van der Waals surface area contributed by atoms with Crippen molar-refractivity contribution in [2.75, 3.05) is 26.2 Å². The molecule has 1 unspecified atom stereocenters. The van der Waals surface area contributed by atoms with Crippen molar-refractivity contribution >= 4 is 17.7 Å². The molecule has 1 aromatic carbocycles. The summed E-state index contributed by atoms with van der Waals surface area (Å²) in [5.74, 6) is -0.810. The fraction of sp³-hybridized carbons (Fsp3) is 0.550. The van der Waals surface area contributed by atoms with E-state index in [4.69, 9.17) is 0 Å². The van der Waals surface area contributed by atoms with Crippen molar-refractivity contribution in [1.82, 2.24) is 20.9 Å². The molecule has 0 bridgehead atoms. The van der Waals surface area contributed by atoms with Gasteiger partial charge in [0.15, 0.2) is 0 Å². The number of rotatable bonds is 7.